The molecule has 0 spiro atoms. The molecule has 2 N–H and O–H groups in total. The van der Waals surface area contributed by atoms with Gasteiger partial charge in [0.2, 0.25) is 10.0 Å². The Bertz CT molecular complexity index is 372. The van der Waals surface area contributed by atoms with Gasteiger partial charge in [-0.25, -0.2) is 13.6 Å². The first-order chi connectivity index (χ1) is 9.66. The van der Waals surface area contributed by atoms with Gasteiger partial charge in [-0.3, -0.25) is 4.79 Å². The number of alkyl halides is 3. The largest absolute Gasteiger partial charge is 1.00 e. The summed E-state index contributed by atoms with van der Waals surface area (Å²) in [6.45, 7) is 10.0. The van der Waals surface area contributed by atoms with E-state index in [2.05, 4.69) is 26.2 Å². The molecule has 0 aromatic rings. The molecule has 2 radical (unpaired) electrons. The van der Waals surface area contributed by atoms with Gasteiger partial charge in [0.15, 0.2) is 5.75 Å². The summed E-state index contributed by atoms with van der Waals surface area (Å²) in [5.41, 5.74) is 0.0487. The molecule has 142 valence electrons. The third kappa shape index (κ3) is 56.5. The first kappa shape index (κ1) is 40.4. The van der Waals surface area contributed by atoms with Gasteiger partial charge in [-0.2, -0.15) is 13.2 Å². The molecule has 0 aliphatic rings. The topological polar surface area (TPSA) is 86.5 Å². The van der Waals surface area contributed by atoms with Gasteiger partial charge in [0.25, 0.3) is 0 Å². The molecular weight excluding hydrogens is 483 g/mol. The van der Waals surface area contributed by atoms with Crippen molar-refractivity contribution in [3.8, 4) is 0 Å². The fourth-order valence-electron chi connectivity index (χ4n) is 0.733. The molecular formula is C13H30AlCsF3NO4S. The normalized spacial score (nSPS) is 9.79. The molecule has 0 aromatic carbocycles. The Kier molecular flexibility index (Phi) is 35.5. The van der Waals surface area contributed by atoms with Gasteiger partial charge < -0.3 is 12.2 Å². The van der Waals surface area contributed by atoms with Gasteiger partial charge in [-0.05, 0) is 5.41 Å². The van der Waals surface area contributed by atoms with Crippen molar-refractivity contribution in [1.29, 1.82) is 0 Å². The van der Waals surface area contributed by atoms with E-state index in [1.807, 2.05) is 40.4 Å². The van der Waals surface area contributed by atoms with E-state index in [0.29, 0.717) is 6.42 Å². The van der Waals surface area contributed by atoms with Crippen LogP contribution in [0.15, 0.2) is 0 Å². The first-order valence-corrected chi connectivity index (χ1v) is 9.25. The standard InChI is InChI=1S/C7H14O2.C2H4F3NO2S.C2H6.2CH3.Al.Cs/c1-7(2,3)5-6(8)9-4;3-2(4,5)1-9(6,7)8;1-2;;;;/h5H2,1-4H3;1H2,(H2,6,7,8);1-2H3;2*1H3;;/q;;;;-1;;+1. The van der Waals surface area contributed by atoms with Gasteiger partial charge in [0.1, 0.15) is 16.3 Å². The molecule has 0 unspecified atom stereocenters. The Hall–Kier alpha value is 1.75. The zero-order valence-corrected chi connectivity index (χ0v) is 24.5. The molecule has 24 heavy (non-hydrogen) atoms. The number of carbonyl (C=O) groups is 1. The van der Waals surface area contributed by atoms with E-state index >= 15 is 0 Å². The third-order valence-corrected chi connectivity index (χ3v) is 2.00. The van der Waals surface area contributed by atoms with Crippen LogP contribution in [0.2, 0.25) is 5.79 Å². The Morgan fingerprint density at radius 2 is 1.42 bits per heavy atom. The zero-order valence-electron chi connectivity index (χ0n) is 16.2. The van der Waals surface area contributed by atoms with Gasteiger partial charge in [-0.1, -0.05) is 34.6 Å². The quantitative estimate of drug-likeness (QED) is 0.323. The fraction of sp³-hybridized carbons (Fsp3) is 0.846. The number of halogens is 3. The second-order valence-electron chi connectivity index (χ2n) is 4.74. The summed E-state index contributed by atoms with van der Waals surface area (Å²) in [5.74, 6) is -0.178. The summed E-state index contributed by atoms with van der Waals surface area (Å²) < 4.78 is 57.2. The summed E-state index contributed by atoms with van der Waals surface area (Å²) in [7, 11) is -3.00. The van der Waals surface area contributed by atoms with Crippen LogP contribution in [-0.2, 0) is 19.6 Å². The Morgan fingerprint density at radius 3 is 1.46 bits per heavy atom. The Morgan fingerprint density at radius 1 is 1.12 bits per heavy atom. The van der Waals surface area contributed by atoms with Crippen molar-refractivity contribution >= 4 is 32.3 Å². The minimum atomic E-state index is -4.73. The second kappa shape index (κ2) is 21.1. The van der Waals surface area contributed by atoms with Crippen molar-refractivity contribution in [2.45, 2.75) is 53.0 Å². The van der Waals surface area contributed by atoms with Crippen LogP contribution in [0.3, 0.4) is 0 Å². The zero-order chi connectivity index (χ0) is 19.2. The Labute approximate surface area is 212 Å². The number of hydrogen-bond acceptors (Lipinski definition) is 4. The van der Waals surface area contributed by atoms with Crippen LogP contribution in [-0.4, -0.2) is 49.7 Å². The predicted molar refractivity (Wildman–Crippen MR) is 89.5 cm³/mol. The number of rotatable bonds is 2. The maximum atomic E-state index is 11.1. The molecule has 0 aliphatic carbocycles. The maximum absolute atomic E-state index is 11.1. The van der Waals surface area contributed by atoms with Crippen LogP contribution in [0.1, 0.15) is 41.0 Å². The summed E-state index contributed by atoms with van der Waals surface area (Å²) in [5, 5.41) is 4.07. The minimum Gasteiger partial charge on any atom is -0.469 e. The minimum absolute atomic E-state index is 0. The number of sulfonamides is 1. The molecule has 0 amide bonds. The number of hydrogen-bond donors (Lipinski definition) is 1. The van der Waals surface area contributed by atoms with Crippen molar-refractivity contribution < 1.29 is 100 Å². The van der Waals surface area contributed by atoms with Gasteiger partial charge >= 0.3 is 81.0 Å². The van der Waals surface area contributed by atoms with Crippen LogP contribution in [0, 0.1) is 12.8 Å². The SMILES string of the molecule is CC.COC(=O)CC(C)(C)C.NS(=O)(=O)CC(F)(F)F.[CH3-].[CH3][Al].[Cs+]. The molecule has 0 saturated carbocycles. The summed E-state index contributed by atoms with van der Waals surface area (Å²) in [6.07, 6.45) is -4.24. The number of ether oxygens (including phenoxy) is 1. The number of nitrogens with two attached hydrogens (primary N) is 1. The first-order valence-electron chi connectivity index (χ1n) is 6.38. The van der Waals surface area contributed by atoms with Crippen molar-refractivity contribution in [2.75, 3.05) is 12.9 Å². The second-order valence-corrected chi connectivity index (χ2v) is 6.35. The van der Waals surface area contributed by atoms with E-state index in [1.54, 1.807) is 0 Å². The average Bonchev–Trinajstić information content (AvgIpc) is 2.28. The number of esters is 1. The predicted octanol–water partition coefficient (Wildman–Crippen LogP) is 0.116. The number of carbonyl (C=O) groups excluding carboxylic acids is 1. The molecule has 0 saturated heterocycles. The van der Waals surface area contributed by atoms with Crippen LogP contribution in [0.5, 0.6) is 0 Å². The summed E-state index contributed by atoms with van der Waals surface area (Å²) in [4.78, 5) is 10.6. The molecule has 11 heteroatoms. The van der Waals surface area contributed by atoms with E-state index in [-0.39, 0.29) is 87.7 Å². The van der Waals surface area contributed by atoms with Gasteiger partial charge in [0, 0.05) is 0 Å². The molecule has 0 atom stereocenters. The molecule has 5 nitrogen and oxygen atoms in total. The van der Waals surface area contributed by atoms with Gasteiger partial charge in [-0.15, -0.1) is 5.79 Å². The third-order valence-electron chi connectivity index (χ3n) is 1.27. The molecule has 0 aromatic heterocycles. The molecule has 0 heterocycles. The molecule has 0 fully saturated rings. The maximum Gasteiger partial charge on any atom is 1.00 e. The molecule has 0 rings (SSSR count). The average molecular weight is 513 g/mol. The fourth-order valence-corrected chi connectivity index (χ4v) is 1.19. The van der Waals surface area contributed by atoms with E-state index in [1.165, 1.54) is 7.11 Å². The van der Waals surface area contributed by atoms with Crippen LogP contribution in [0.4, 0.5) is 13.2 Å². The van der Waals surface area contributed by atoms with E-state index in [4.69, 9.17) is 0 Å². The van der Waals surface area contributed by atoms with Crippen LogP contribution >= 0.6 is 0 Å². The van der Waals surface area contributed by atoms with Crippen LogP contribution < -0.4 is 74.0 Å². The van der Waals surface area contributed by atoms with Gasteiger partial charge in [0.05, 0.1) is 13.5 Å². The number of primary sulfonamides is 1. The van der Waals surface area contributed by atoms with Crippen molar-refractivity contribution in [3.63, 3.8) is 0 Å². The Balaban J connectivity index is -0.0000000521. The van der Waals surface area contributed by atoms with Crippen molar-refractivity contribution in [1.82, 2.24) is 0 Å². The smallest absolute Gasteiger partial charge is 0.469 e. The summed E-state index contributed by atoms with van der Waals surface area (Å²) >= 11 is 2.42. The van der Waals surface area contributed by atoms with Crippen LogP contribution in [0.25, 0.3) is 0 Å². The summed E-state index contributed by atoms with van der Waals surface area (Å²) in [6, 6.07) is 0. The molecule has 0 bridgehead atoms. The monoisotopic (exact) mass is 513 g/mol. The number of methoxy groups -OCH3 is 1. The van der Waals surface area contributed by atoms with E-state index < -0.39 is 22.0 Å². The van der Waals surface area contributed by atoms with E-state index in [0.717, 1.165) is 0 Å². The van der Waals surface area contributed by atoms with E-state index in [9.17, 15) is 26.4 Å². The van der Waals surface area contributed by atoms with Crippen molar-refractivity contribution in [3.05, 3.63) is 7.43 Å². The molecule has 0 aliphatic heterocycles. The van der Waals surface area contributed by atoms with Crippen molar-refractivity contribution in [2.24, 2.45) is 10.6 Å².